The van der Waals surface area contributed by atoms with Gasteiger partial charge in [0.2, 0.25) is 5.95 Å². The Bertz CT molecular complexity index is 1650. The van der Waals surface area contributed by atoms with E-state index in [0.29, 0.717) is 17.1 Å². The molecule has 0 spiro atoms. The molecule has 0 aliphatic carbocycles. The summed E-state index contributed by atoms with van der Waals surface area (Å²) in [4.78, 5) is 32.6. The summed E-state index contributed by atoms with van der Waals surface area (Å²) in [5, 5.41) is 11.4. The topological polar surface area (TPSA) is 120 Å². The lowest BCUT2D eigenvalue weighted by Crippen LogP contribution is -2.19. The van der Waals surface area contributed by atoms with Gasteiger partial charge in [0.05, 0.1) is 19.0 Å². The average molecular weight is 477 g/mol. The highest BCUT2D eigenvalue weighted by Crippen LogP contribution is 2.24. The number of hydrogen-bond donors (Lipinski definition) is 2. The van der Waals surface area contributed by atoms with Gasteiger partial charge in [-0.25, -0.2) is 13.5 Å². The van der Waals surface area contributed by atoms with Gasteiger partial charge in [0.15, 0.2) is 17.3 Å². The van der Waals surface area contributed by atoms with Crippen molar-refractivity contribution in [2.24, 2.45) is 0 Å². The van der Waals surface area contributed by atoms with Crippen LogP contribution in [0.4, 0.5) is 14.6 Å². The third-order valence-corrected chi connectivity index (χ3v) is 5.19. The van der Waals surface area contributed by atoms with Gasteiger partial charge >= 0.3 is 0 Å². The van der Waals surface area contributed by atoms with Crippen LogP contribution in [0, 0.1) is 18.6 Å². The second kappa shape index (κ2) is 8.48. The summed E-state index contributed by atoms with van der Waals surface area (Å²) in [5.74, 6) is -2.23. The highest BCUT2D eigenvalue weighted by atomic mass is 19.2. The van der Waals surface area contributed by atoms with Crippen molar-refractivity contribution in [1.82, 2.24) is 29.5 Å². The lowest BCUT2D eigenvalue weighted by molar-refractivity contribution is 0.102. The summed E-state index contributed by atoms with van der Waals surface area (Å²) in [6.07, 6.45) is 1.39. The summed E-state index contributed by atoms with van der Waals surface area (Å²) in [6, 6.07) is 11.4. The van der Waals surface area contributed by atoms with Crippen LogP contribution in [0.15, 0.2) is 59.5 Å². The number of aromatic amines is 1. The van der Waals surface area contributed by atoms with Gasteiger partial charge in [0, 0.05) is 11.6 Å². The third kappa shape index (κ3) is 3.90. The van der Waals surface area contributed by atoms with E-state index in [9.17, 15) is 18.4 Å². The van der Waals surface area contributed by atoms with E-state index >= 15 is 0 Å². The molecule has 0 saturated carbocycles. The number of para-hydroxylation sites is 2. The van der Waals surface area contributed by atoms with E-state index in [4.69, 9.17) is 4.74 Å². The maximum absolute atomic E-state index is 13.6. The minimum Gasteiger partial charge on any atom is -0.494 e. The monoisotopic (exact) mass is 477 g/mol. The summed E-state index contributed by atoms with van der Waals surface area (Å²) in [6.45, 7) is 1.68. The lowest BCUT2D eigenvalue weighted by atomic mass is 10.2. The lowest BCUT2D eigenvalue weighted by Gasteiger charge is -2.10. The molecule has 0 unspecified atom stereocenters. The third-order valence-electron chi connectivity index (χ3n) is 5.19. The maximum Gasteiger partial charge on any atom is 0.263 e. The summed E-state index contributed by atoms with van der Waals surface area (Å²) in [7, 11) is 1.52. The molecule has 1 amide bonds. The minimum atomic E-state index is -1.15. The molecule has 0 bridgehead atoms. The molecule has 2 aromatic carbocycles. The second-order valence-corrected chi connectivity index (χ2v) is 7.52. The smallest absolute Gasteiger partial charge is 0.263 e. The number of carbonyl (C=O) groups is 1. The van der Waals surface area contributed by atoms with Crippen molar-refractivity contribution in [3.8, 4) is 17.4 Å². The number of ether oxygens (including phenoxy) is 1. The molecule has 0 fully saturated rings. The molecule has 0 saturated heterocycles. The van der Waals surface area contributed by atoms with Crippen LogP contribution >= 0.6 is 0 Å². The molecule has 5 rings (SSSR count). The Kier molecular flexibility index (Phi) is 5.32. The Morgan fingerprint density at radius 1 is 1.09 bits per heavy atom. The van der Waals surface area contributed by atoms with Crippen LogP contribution in [0.2, 0.25) is 0 Å². The van der Waals surface area contributed by atoms with Gasteiger partial charge in [-0.2, -0.15) is 19.9 Å². The molecular formula is C23H17F2N7O3. The molecule has 3 heterocycles. The number of hydrogen-bond acceptors (Lipinski definition) is 6. The number of benzene rings is 2. The van der Waals surface area contributed by atoms with Gasteiger partial charge in [0.1, 0.15) is 22.6 Å². The number of H-pyrrole nitrogens is 1. The zero-order chi connectivity index (χ0) is 24.7. The van der Waals surface area contributed by atoms with Gasteiger partial charge in [-0.1, -0.05) is 12.1 Å². The number of anilines is 1. The van der Waals surface area contributed by atoms with Crippen molar-refractivity contribution in [2.45, 2.75) is 6.92 Å². The van der Waals surface area contributed by atoms with E-state index in [1.165, 1.54) is 22.7 Å². The van der Waals surface area contributed by atoms with Gasteiger partial charge in [-0.15, -0.1) is 0 Å². The predicted octanol–water partition coefficient (Wildman–Crippen LogP) is 3.14. The van der Waals surface area contributed by atoms with Gasteiger partial charge < -0.3 is 10.1 Å². The average Bonchev–Trinajstić information content (AvgIpc) is 3.44. The van der Waals surface area contributed by atoms with E-state index in [2.05, 4.69) is 25.5 Å². The highest BCUT2D eigenvalue weighted by molar-refractivity contribution is 6.04. The van der Waals surface area contributed by atoms with Gasteiger partial charge in [-0.05, 0) is 37.3 Å². The van der Waals surface area contributed by atoms with Crippen LogP contribution in [0.25, 0.3) is 22.7 Å². The first kappa shape index (κ1) is 21.9. The number of methoxy groups -OCH3 is 1. The Morgan fingerprint density at radius 3 is 2.66 bits per heavy atom. The van der Waals surface area contributed by atoms with Crippen LogP contribution < -0.4 is 15.6 Å². The molecule has 35 heavy (non-hydrogen) atoms. The standard InChI is InChI=1S/C23H17F2N7O3/c1-12-9-19(27-21(33)13-7-8-15(24)16(25)10-13)32(30-12)23-28-20-14(22(34)29-23)11-26-31(20)17-5-3-4-6-18(17)35-2/h3-11H,1-2H3,(H,27,33)(H,28,29,34). The number of fused-ring (bicyclic) bond motifs is 1. The van der Waals surface area contributed by atoms with Crippen LogP contribution in [0.3, 0.4) is 0 Å². The van der Waals surface area contributed by atoms with Crippen LogP contribution in [0.1, 0.15) is 16.1 Å². The zero-order valence-corrected chi connectivity index (χ0v) is 18.4. The Labute approximate surface area is 195 Å². The molecule has 2 N–H and O–H groups in total. The summed E-state index contributed by atoms with van der Waals surface area (Å²) < 4.78 is 34.9. The number of nitrogens with zero attached hydrogens (tertiary/aromatic N) is 5. The van der Waals surface area contributed by atoms with E-state index in [-0.39, 0.29) is 28.4 Å². The van der Waals surface area contributed by atoms with E-state index in [1.807, 2.05) is 0 Å². The Balaban J connectivity index is 1.59. The number of halogens is 2. The first-order valence-corrected chi connectivity index (χ1v) is 10.3. The molecule has 0 aliphatic heterocycles. The molecular weight excluding hydrogens is 460 g/mol. The number of amides is 1. The Morgan fingerprint density at radius 2 is 1.89 bits per heavy atom. The molecule has 5 aromatic rings. The normalized spacial score (nSPS) is 11.1. The number of nitrogens with one attached hydrogen (secondary N) is 2. The number of rotatable bonds is 5. The summed E-state index contributed by atoms with van der Waals surface area (Å²) in [5.41, 5.74) is 0.737. The first-order chi connectivity index (χ1) is 16.9. The molecule has 10 nitrogen and oxygen atoms in total. The van der Waals surface area contributed by atoms with Crippen molar-refractivity contribution in [3.05, 3.63) is 88.0 Å². The molecule has 3 aromatic heterocycles. The fraction of sp³-hybridized carbons (Fsp3) is 0.0870. The van der Waals surface area contributed by atoms with E-state index in [0.717, 1.165) is 18.2 Å². The highest BCUT2D eigenvalue weighted by Gasteiger charge is 2.19. The van der Waals surface area contributed by atoms with Crippen molar-refractivity contribution in [3.63, 3.8) is 0 Å². The van der Waals surface area contributed by atoms with Crippen molar-refractivity contribution >= 4 is 22.8 Å². The largest absolute Gasteiger partial charge is 0.494 e. The fourth-order valence-corrected chi connectivity index (χ4v) is 3.56. The van der Waals surface area contributed by atoms with Crippen LogP contribution in [0.5, 0.6) is 5.75 Å². The number of aromatic nitrogens is 6. The molecule has 176 valence electrons. The molecule has 0 aliphatic rings. The van der Waals surface area contributed by atoms with Gasteiger partial charge in [-0.3, -0.25) is 14.6 Å². The van der Waals surface area contributed by atoms with Crippen LogP contribution in [-0.4, -0.2) is 42.5 Å². The van der Waals surface area contributed by atoms with E-state index < -0.39 is 23.1 Å². The zero-order valence-electron chi connectivity index (χ0n) is 18.4. The molecule has 0 atom stereocenters. The predicted molar refractivity (Wildman–Crippen MR) is 122 cm³/mol. The Hall–Kier alpha value is -4.87. The SMILES string of the molecule is COc1ccccc1-n1ncc2c(=O)[nH]c(-n3nc(C)cc3NC(=O)c3ccc(F)c(F)c3)nc21. The molecule has 0 radical (unpaired) electrons. The van der Waals surface area contributed by atoms with Crippen LogP contribution in [-0.2, 0) is 0 Å². The summed E-state index contributed by atoms with van der Waals surface area (Å²) >= 11 is 0. The van der Waals surface area contributed by atoms with Gasteiger partial charge in [0.25, 0.3) is 11.5 Å². The minimum absolute atomic E-state index is 0.00725. The van der Waals surface area contributed by atoms with Crippen molar-refractivity contribution in [2.75, 3.05) is 12.4 Å². The van der Waals surface area contributed by atoms with Crippen molar-refractivity contribution < 1.29 is 18.3 Å². The first-order valence-electron chi connectivity index (χ1n) is 10.3. The second-order valence-electron chi connectivity index (χ2n) is 7.52. The number of aryl methyl sites for hydroxylation is 1. The van der Waals surface area contributed by atoms with Crippen molar-refractivity contribution in [1.29, 1.82) is 0 Å². The number of carbonyl (C=O) groups excluding carboxylic acids is 1. The fourth-order valence-electron chi connectivity index (χ4n) is 3.56. The quantitative estimate of drug-likeness (QED) is 0.401. The maximum atomic E-state index is 13.6. The molecule has 12 heteroatoms. The van der Waals surface area contributed by atoms with E-state index in [1.54, 1.807) is 37.3 Å².